The number of H-pyrrole nitrogens is 1. The fourth-order valence-corrected chi connectivity index (χ4v) is 1.82. The van der Waals surface area contributed by atoms with E-state index in [-0.39, 0.29) is 0 Å². The highest BCUT2D eigenvalue weighted by molar-refractivity contribution is 7.13. The number of nitrogens with one attached hydrogen (secondary N) is 1. The number of hydrogen-bond donors (Lipinski definition) is 2. The summed E-state index contributed by atoms with van der Waals surface area (Å²) in [6.45, 7) is 0. The van der Waals surface area contributed by atoms with Crippen LogP contribution in [0.4, 0.5) is 0 Å². The average Bonchev–Trinajstić information content (AvgIpc) is 2.71. The highest BCUT2D eigenvalue weighted by Crippen LogP contribution is 2.24. The summed E-state index contributed by atoms with van der Waals surface area (Å²) < 4.78 is 0. The van der Waals surface area contributed by atoms with Crippen LogP contribution in [0.2, 0.25) is 0 Å². The molecule has 0 saturated heterocycles. The Hall–Kier alpha value is -1.62. The number of aromatic nitrogens is 2. The van der Waals surface area contributed by atoms with E-state index in [0.717, 1.165) is 16.1 Å². The molecule has 0 bridgehead atoms. The van der Waals surface area contributed by atoms with Gasteiger partial charge in [-0.15, -0.1) is 11.3 Å². The summed E-state index contributed by atoms with van der Waals surface area (Å²) >= 11 is 1.61. The largest absolute Gasteiger partial charge is 0.411 e. The molecule has 2 heterocycles. The van der Waals surface area contributed by atoms with Gasteiger partial charge in [0.1, 0.15) is 0 Å². The molecule has 0 aliphatic heterocycles. The van der Waals surface area contributed by atoms with Crippen LogP contribution in [-0.4, -0.2) is 21.6 Å². The zero-order valence-corrected chi connectivity index (χ0v) is 7.45. The summed E-state index contributed by atoms with van der Waals surface area (Å²) in [7, 11) is 0. The van der Waals surface area contributed by atoms with Crippen LogP contribution in [0.5, 0.6) is 0 Å². The molecule has 2 rings (SSSR count). The number of thiophene rings is 1. The van der Waals surface area contributed by atoms with Crippen molar-refractivity contribution in [2.24, 2.45) is 5.16 Å². The monoisotopic (exact) mass is 193 g/mol. The van der Waals surface area contributed by atoms with E-state index in [1.165, 1.54) is 6.21 Å². The van der Waals surface area contributed by atoms with Crippen molar-refractivity contribution in [1.82, 2.24) is 10.2 Å². The number of nitrogens with zero attached hydrogens (tertiary/aromatic N) is 2. The summed E-state index contributed by atoms with van der Waals surface area (Å²) in [5.41, 5.74) is 1.66. The Labute approximate surface area is 78.5 Å². The molecule has 0 unspecified atom stereocenters. The van der Waals surface area contributed by atoms with Crippen LogP contribution in [0.15, 0.2) is 28.9 Å². The topological polar surface area (TPSA) is 61.3 Å². The third-order valence-corrected chi connectivity index (χ3v) is 2.52. The Morgan fingerprint density at radius 1 is 1.62 bits per heavy atom. The second kappa shape index (κ2) is 3.40. The molecule has 0 amide bonds. The second-order valence-electron chi connectivity index (χ2n) is 2.42. The SMILES string of the molecule is ON=Cc1cn[nH]c1-c1cccs1. The fourth-order valence-electron chi connectivity index (χ4n) is 1.07. The lowest BCUT2D eigenvalue weighted by Crippen LogP contribution is -1.81. The summed E-state index contributed by atoms with van der Waals surface area (Å²) in [5.74, 6) is 0. The van der Waals surface area contributed by atoms with Crippen molar-refractivity contribution in [2.45, 2.75) is 0 Å². The van der Waals surface area contributed by atoms with Gasteiger partial charge >= 0.3 is 0 Å². The fraction of sp³-hybridized carbons (Fsp3) is 0. The van der Waals surface area contributed by atoms with Crippen molar-refractivity contribution in [3.05, 3.63) is 29.3 Å². The van der Waals surface area contributed by atoms with Gasteiger partial charge in [0.15, 0.2) is 0 Å². The smallest absolute Gasteiger partial charge is 0.0839 e. The molecular formula is C8H7N3OS. The first-order valence-electron chi connectivity index (χ1n) is 3.66. The van der Waals surface area contributed by atoms with E-state index < -0.39 is 0 Å². The summed E-state index contributed by atoms with van der Waals surface area (Å²) in [5, 5.41) is 20.1. The average molecular weight is 193 g/mol. The van der Waals surface area contributed by atoms with E-state index in [9.17, 15) is 0 Å². The minimum atomic E-state index is 0.782. The molecule has 0 spiro atoms. The van der Waals surface area contributed by atoms with Gasteiger partial charge in [-0.2, -0.15) is 5.10 Å². The van der Waals surface area contributed by atoms with Gasteiger partial charge in [0.05, 0.1) is 23.0 Å². The highest BCUT2D eigenvalue weighted by atomic mass is 32.1. The Morgan fingerprint density at radius 2 is 2.54 bits per heavy atom. The summed E-state index contributed by atoms with van der Waals surface area (Å²) in [6.07, 6.45) is 2.98. The van der Waals surface area contributed by atoms with Crippen LogP contribution in [0.3, 0.4) is 0 Å². The Balaban J connectivity index is 2.46. The van der Waals surface area contributed by atoms with Gasteiger partial charge in [-0.05, 0) is 11.4 Å². The molecule has 13 heavy (non-hydrogen) atoms. The van der Waals surface area contributed by atoms with Gasteiger partial charge in [-0.1, -0.05) is 11.2 Å². The maximum Gasteiger partial charge on any atom is 0.0839 e. The van der Waals surface area contributed by atoms with Gasteiger partial charge in [-0.3, -0.25) is 5.10 Å². The van der Waals surface area contributed by atoms with E-state index in [2.05, 4.69) is 15.4 Å². The van der Waals surface area contributed by atoms with Gasteiger partial charge in [0.25, 0.3) is 0 Å². The predicted molar refractivity (Wildman–Crippen MR) is 51.3 cm³/mol. The first-order valence-corrected chi connectivity index (χ1v) is 4.54. The minimum Gasteiger partial charge on any atom is -0.411 e. The maximum atomic E-state index is 8.39. The first kappa shape index (κ1) is 8.00. The minimum absolute atomic E-state index is 0.782. The van der Waals surface area contributed by atoms with Crippen LogP contribution >= 0.6 is 11.3 Å². The molecular weight excluding hydrogens is 186 g/mol. The Morgan fingerprint density at radius 3 is 3.23 bits per heavy atom. The van der Waals surface area contributed by atoms with Crippen LogP contribution in [0.25, 0.3) is 10.6 Å². The molecule has 2 aromatic rings. The van der Waals surface area contributed by atoms with Gasteiger partial charge in [0, 0.05) is 5.56 Å². The molecule has 0 fully saturated rings. The molecule has 66 valence electrons. The van der Waals surface area contributed by atoms with E-state index in [4.69, 9.17) is 5.21 Å². The lowest BCUT2D eigenvalue weighted by Gasteiger charge is -1.91. The molecule has 2 N–H and O–H groups in total. The molecule has 5 heteroatoms. The lowest BCUT2D eigenvalue weighted by molar-refractivity contribution is 0.322. The summed E-state index contributed by atoms with van der Waals surface area (Å²) in [6, 6.07) is 3.94. The van der Waals surface area contributed by atoms with Crippen molar-refractivity contribution < 1.29 is 5.21 Å². The second-order valence-corrected chi connectivity index (χ2v) is 3.37. The van der Waals surface area contributed by atoms with Crippen molar-refractivity contribution >= 4 is 17.6 Å². The van der Waals surface area contributed by atoms with E-state index in [0.29, 0.717) is 0 Å². The molecule has 0 saturated carbocycles. The van der Waals surface area contributed by atoms with E-state index in [1.54, 1.807) is 17.5 Å². The van der Waals surface area contributed by atoms with E-state index >= 15 is 0 Å². The van der Waals surface area contributed by atoms with Gasteiger partial charge in [-0.25, -0.2) is 0 Å². The molecule has 0 aromatic carbocycles. The molecule has 0 aliphatic carbocycles. The van der Waals surface area contributed by atoms with Crippen LogP contribution in [-0.2, 0) is 0 Å². The van der Waals surface area contributed by atoms with Crippen molar-refractivity contribution in [3.8, 4) is 10.6 Å². The van der Waals surface area contributed by atoms with Crippen LogP contribution < -0.4 is 0 Å². The standard InChI is InChI=1S/C8H7N3OS/c12-10-5-6-4-9-11-8(6)7-2-1-3-13-7/h1-5,12H,(H,9,11). The lowest BCUT2D eigenvalue weighted by atomic mass is 10.2. The molecule has 0 radical (unpaired) electrons. The number of rotatable bonds is 2. The molecule has 4 nitrogen and oxygen atoms in total. The zero-order chi connectivity index (χ0) is 9.10. The van der Waals surface area contributed by atoms with E-state index in [1.807, 2.05) is 17.5 Å². The van der Waals surface area contributed by atoms with Crippen molar-refractivity contribution in [2.75, 3.05) is 0 Å². The Bertz CT molecular complexity index is 405. The van der Waals surface area contributed by atoms with Gasteiger partial charge < -0.3 is 5.21 Å². The van der Waals surface area contributed by atoms with Crippen molar-refractivity contribution in [1.29, 1.82) is 0 Å². The quantitative estimate of drug-likeness (QED) is 0.435. The highest BCUT2D eigenvalue weighted by Gasteiger charge is 2.05. The zero-order valence-electron chi connectivity index (χ0n) is 6.64. The number of aromatic amines is 1. The maximum absolute atomic E-state index is 8.39. The predicted octanol–water partition coefficient (Wildman–Crippen LogP) is 1.95. The molecule has 0 aliphatic rings. The number of hydrogen-bond acceptors (Lipinski definition) is 4. The van der Waals surface area contributed by atoms with Crippen LogP contribution in [0.1, 0.15) is 5.56 Å². The number of oxime groups is 1. The normalized spacial score (nSPS) is 11.1. The van der Waals surface area contributed by atoms with Crippen LogP contribution in [0, 0.1) is 0 Å². The Kier molecular flexibility index (Phi) is 2.09. The first-order chi connectivity index (χ1) is 6.42. The molecule has 0 atom stereocenters. The third-order valence-electron chi connectivity index (χ3n) is 1.63. The molecule has 2 aromatic heterocycles. The van der Waals surface area contributed by atoms with Crippen molar-refractivity contribution in [3.63, 3.8) is 0 Å². The summed E-state index contributed by atoms with van der Waals surface area (Å²) in [4.78, 5) is 1.08. The van der Waals surface area contributed by atoms with Gasteiger partial charge in [0.2, 0.25) is 0 Å². The third kappa shape index (κ3) is 1.46.